The van der Waals surface area contributed by atoms with Gasteiger partial charge in [-0.1, -0.05) is 0 Å². The van der Waals surface area contributed by atoms with Gasteiger partial charge < -0.3 is 0 Å². The number of hydrogen-bond donors (Lipinski definition) is 0. The van der Waals surface area contributed by atoms with Crippen LogP contribution in [0.1, 0.15) is 5.69 Å². The van der Waals surface area contributed by atoms with E-state index >= 15 is 0 Å². The summed E-state index contributed by atoms with van der Waals surface area (Å²) in [5, 5.41) is 17.1. The van der Waals surface area contributed by atoms with E-state index in [2.05, 4.69) is 10.2 Å². The number of hydrogen-bond acceptors (Lipinski definition) is 2. The molecule has 3 heteroatoms. The molecule has 1 radical (unpaired) electrons. The van der Waals surface area contributed by atoms with Gasteiger partial charge in [0.05, 0.1) is 5.69 Å². The van der Waals surface area contributed by atoms with Crippen molar-refractivity contribution in [2.75, 3.05) is 0 Å². The molecule has 0 amide bonds. The summed E-state index contributed by atoms with van der Waals surface area (Å²) >= 11 is 0. The van der Waals surface area contributed by atoms with E-state index < -0.39 is 0 Å². The van der Waals surface area contributed by atoms with Crippen LogP contribution in [0.4, 0.5) is 0 Å². The lowest BCUT2D eigenvalue weighted by Gasteiger charge is -1.85. The van der Waals surface area contributed by atoms with Crippen molar-refractivity contribution in [3.8, 4) is 0 Å². The standard InChI is InChI=1S/C5H5N2O/c8-4-5-2-1-3-6-7-5/h1-3H,4H2. The van der Waals surface area contributed by atoms with E-state index in [-0.39, 0.29) is 6.61 Å². The molecular weight excluding hydrogens is 104 g/mol. The maximum absolute atomic E-state index is 10.0. The summed E-state index contributed by atoms with van der Waals surface area (Å²) in [6.07, 6.45) is 1.54. The summed E-state index contributed by atoms with van der Waals surface area (Å²) in [6, 6.07) is 3.35. The third-order valence-corrected chi connectivity index (χ3v) is 0.775. The molecule has 0 aromatic carbocycles. The van der Waals surface area contributed by atoms with E-state index in [1.54, 1.807) is 18.3 Å². The Labute approximate surface area is 47.0 Å². The van der Waals surface area contributed by atoms with E-state index in [0.29, 0.717) is 5.69 Å². The molecule has 0 aliphatic carbocycles. The third kappa shape index (κ3) is 1.01. The minimum Gasteiger partial charge on any atom is -0.230 e. The van der Waals surface area contributed by atoms with Crippen LogP contribution in [-0.2, 0) is 11.7 Å². The molecule has 0 saturated heterocycles. The van der Waals surface area contributed by atoms with Gasteiger partial charge >= 0.3 is 0 Å². The van der Waals surface area contributed by atoms with Gasteiger partial charge in [-0.3, -0.25) is 0 Å². The first-order chi connectivity index (χ1) is 3.93. The molecule has 1 aromatic rings. The smallest absolute Gasteiger partial charge is 0.126 e. The zero-order valence-electron chi connectivity index (χ0n) is 4.24. The van der Waals surface area contributed by atoms with Gasteiger partial charge in [0.2, 0.25) is 0 Å². The van der Waals surface area contributed by atoms with Crippen molar-refractivity contribution < 1.29 is 5.11 Å². The third-order valence-electron chi connectivity index (χ3n) is 0.775. The minimum atomic E-state index is -0.284. The Hall–Kier alpha value is -0.960. The highest BCUT2D eigenvalue weighted by atomic mass is 16.3. The van der Waals surface area contributed by atoms with Crippen LogP contribution >= 0.6 is 0 Å². The molecule has 0 saturated carbocycles. The molecule has 0 N–H and O–H groups in total. The molecule has 1 heterocycles. The fraction of sp³-hybridized carbons (Fsp3) is 0.200. The van der Waals surface area contributed by atoms with E-state index in [4.69, 9.17) is 0 Å². The molecule has 0 spiro atoms. The second kappa shape index (κ2) is 2.37. The SMILES string of the molecule is [O]Cc1cccnn1. The lowest BCUT2D eigenvalue weighted by molar-refractivity contribution is 0.173. The number of rotatable bonds is 1. The van der Waals surface area contributed by atoms with Gasteiger partial charge in [0, 0.05) is 6.20 Å². The summed E-state index contributed by atoms with van der Waals surface area (Å²) in [4.78, 5) is 0. The molecule has 0 fully saturated rings. The lowest BCUT2D eigenvalue weighted by Crippen LogP contribution is -1.87. The van der Waals surface area contributed by atoms with Crippen LogP contribution < -0.4 is 0 Å². The Kier molecular flexibility index (Phi) is 1.54. The van der Waals surface area contributed by atoms with Crippen molar-refractivity contribution in [3.05, 3.63) is 24.0 Å². The van der Waals surface area contributed by atoms with Crippen molar-refractivity contribution >= 4 is 0 Å². The monoisotopic (exact) mass is 109 g/mol. The van der Waals surface area contributed by atoms with Crippen molar-refractivity contribution in [2.24, 2.45) is 0 Å². The van der Waals surface area contributed by atoms with E-state index in [1.165, 1.54) is 0 Å². The average Bonchev–Trinajstić information content (AvgIpc) is 1.90. The number of aromatic nitrogens is 2. The summed E-state index contributed by atoms with van der Waals surface area (Å²) in [6.45, 7) is -0.284. The Bertz CT molecular complexity index is 152. The molecule has 8 heavy (non-hydrogen) atoms. The van der Waals surface area contributed by atoms with Gasteiger partial charge in [0.15, 0.2) is 0 Å². The van der Waals surface area contributed by atoms with Gasteiger partial charge in [-0.2, -0.15) is 10.2 Å². The van der Waals surface area contributed by atoms with Crippen molar-refractivity contribution in [1.29, 1.82) is 0 Å². The first-order valence-corrected chi connectivity index (χ1v) is 2.28. The van der Waals surface area contributed by atoms with Crippen LogP contribution in [0.5, 0.6) is 0 Å². The molecule has 41 valence electrons. The second-order valence-corrected chi connectivity index (χ2v) is 1.36. The molecule has 1 aromatic heterocycles. The van der Waals surface area contributed by atoms with Gasteiger partial charge in [-0.05, 0) is 12.1 Å². The summed E-state index contributed by atoms with van der Waals surface area (Å²) in [5.74, 6) is 0. The topological polar surface area (TPSA) is 45.7 Å². The molecule has 0 aliphatic heterocycles. The molecule has 3 nitrogen and oxygen atoms in total. The second-order valence-electron chi connectivity index (χ2n) is 1.36. The summed E-state index contributed by atoms with van der Waals surface area (Å²) in [5.41, 5.74) is 0.493. The average molecular weight is 109 g/mol. The van der Waals surface area contributed by atoms with Crippen molar-refractivity contribution in [3.63, 3.8) is 0 Å². The fourth-order valence-electron chi connectivity index (χ4n) is 0.410. The Morgan fingerprint density at radius 2 is 2.50 bits per heavy atom. The van der Waals surface area contributed by atoms with Crippen LogP contribution in [0.2, 0.25) is 0 Å². The Balaban J connectivity index is 2.83. The minimum absolute atomic E-state index is 0.284. The van der Waals surface area contributed by atoms with Gasteiger partial charge in [-0.25, -0.2) is 5.11 Å². The largest absolute Gasteiger partial charge is 0.230 e. The quantitative estimate of drug-likeness (QED) is 0.524. The van der Waals surface area contributed by atoms with E-state index in [0.717, 1.165) is 0 Å². The molecule has 0 bridgehead atoms. The highest BCUT2D eigenvalue weighted by Crippen LogP contribution is 1.87. The molecular formula is C5H5N2O. The summed E-state index contributed by atoms with van der Waals surface area (Å²) in [7, 11) is 0. The van der Waals surface area contributed by atoms with Crippen molar-refractivity contribution in [1.82, 2.24) is 10.2 Å². The zero-order chi connectivity index (χ0) is 5.82. The maximum Gasteiger partial charge on any atom is 0.126 e. The van der Waals surface area contributed by atoms with Crippen molar-refractivity contribution in [2.45, 2.75) is 6.61 Å². The lowest BCUT2D eigenvalue weighted by atomic mass is 10.4. The van der Waals surface area contributed by atoms with Gasteiger partial charge in [0.25, 0.3) is 0 Å². The van der Waals surface area contributed by atoms with E-state index in [1.807, 2.05) is 0 Å². The molecule has 0 unspecified atom stereocenters. The number of nitrogens with zero attached hydrogens (tertiary/aromatic N) is 2. The maximum atomic E-state index is 10.0. The predicted octanol–water partition coefficient (Wildman–Crippen LogP) is 0.407. The first kappa shape index (κ1) is 5.18. The van der Waals surface area contributed by atoms with Crippen LogP contribution in [0.25, 0.3) is 0 Å². The highest BCUT2D eigenvalue weighted by Gasteiger charge is 1.86. The Morgan fingerprint density at radius 3 is 2.88 bits per heavy atom. The Morgan fingerprint density at radius 1 is 1.62 bits per heavy atom. The van der Waals surface area contributed by atoms with Crippen LogP contribution in [0, 0.1) is 0 Å². The molecule has 1 rings (SSSR count). The predicted molar refractivity (Wildman–Crippen MR) is 26.4 cm³/mol. The van der Waals surface area contributed by atoms with Crippen LogP contribution in [0.3, 0.4) is 0 Å². The zero-order valence-corrected chi connectivity index (χ0v) is 4.24. The highest BCUT2D eigenvalue weighted by molar-refractivity contribution is 4.96. The molecule has 0 atom stereocenters. The van der Waals surface area contributed by atoms with Crippen LogP contribution in [-0.4, -0.2) is 10.2 Å². The molecule has 0 aliphatic rings. The fourth-order valence-corrected chi connectivity index (χ4v) is 0.410. The summed E-state index contributed by atoms with van der Waals surface area (Å²) < 4.78 is 0. The first-order valence-electron chi connectivity index (χ1n) is 2.28. The van der Waals surface area contributed by atoms with Crippen LogP contribution in [0.15, 0.2) is 18.3 Å². The van der Waals surface area contributed by atoms with Gasteiger partial charge in [-0.15, -0.1) is 0 Å². The normalized spacial score (nSPS) is 9.12. The van der Waals surface area contributed by atoms with E-state index in [9.17, 15) is 5.11 Å². The van der Waals surface area contributed by atoms with Gasteiger partial charge in [0.1, 0.15) is 6.61 Å².